The standard InChI is InChI=1S/C13H27NO/c1-11(2)14-10-13(6-7-13)8-9-15-12(3,4)5/h11,14H,6-10H2,1-5H3. The zero-order valence-corrected chi connectivity index (χ0v) is 11.0. The van der Waals surface area contributed by atoms with E-state index >= 15 is 0 Å². The number of ether oxygens (including phenoxy) is 1. The maximum Gasteiger partial charge on any atom is 0.0598 e. The Labute approximate surface area is 94.8 Å². The molecule has 0 aromatic rings. The molecule has 0 heterocycles. The largest absolute Gasteiger partial charge is 0.376 e. The molecule has 0 saturated heterocycles. The lowest BCUT2D eigenvalue weighted by Crippen LogP contribution is -2.31. The molecule has 90 valence electrons. The van der Waals surface area contributed by atoms with Gasteiger partial charge in [-0.05, 0) is 45.4 Å². The molecule has 0 aromatic carbocycles. The van der Waals surface area contributed by atoms with Crippen molar-refractivity contribution in [1.29, 1.82) is 0 Å². The molecular weight excluding hydrogens is 186 g/mol. The summed E-state index contributed by atoms with van der Waals surface area (Å²) in [7, 11) is 0. The third kappa shape index (κ3) is 5.53. The van der Waals surface area contributed by atoms with Crippen LogP contribution < -0.4 is 5.32 Å². The van der Waals surface area contributed by atoms with E-state index in [-0.39, 0.29) is 5.60 Å². The van der Waals surface area contributed by atoms with Gasteiger partial charge in [-0.2, -0.15) is 0 Å². The third-order valence-corrected chi connectivity index (χ3v) is 3.01. The van der Waals surface area contributed by atoms with E-state index in [0.29, 0.717) is 11.5 Å². The first-order chi connectivity index (χ1) is 6.83. The van der Waals surface area contributed by atoms with Crippen LogP contribution in [0.3, 0.4) is 0 Å². The van der Waals surface area contributed by atoms with Gasteiger partial charge in [-0.1, -0.05) is 13.8 Å². The van der Waals surface area contributed by atoms with Crippen molar-refractivity contribution < 1.29 is 4.74 Å². The van der Waals surface area contributed by atoms with Gasteiger partial charge in [0, 0.05) is 19.2 Å². The first-order valence-electron chi connectivity index (χ1n) is 6.20. The van der Waals surface area contributed by atoms with Gasteiger partial charge in [-0.3, -0.25) is 0 Å². The normalized spacial score (nSPS) is 19.6. The lowest BCUT2D eigenvalue weighted by atomic mass is 10.0. The second-order valence-corrected chi connectivity index (χ2v) is 6.25. The topological polar surface area (TPSA) is 21.3 Å². The van der Waals surface area contributed by atoms with E-state index in [1.807, 2.05) is 0 Å². The zero-order chi connectivity index (χ0) is 11.5. The van der Waals surface area contributed by atoms with Gasteiger partial charge in [0.1, 0.15) is 0 Å². The Kier molecular flexibility index (Phi) is 4.19. The molecule has 0 spiro atoms. The van der Waals surface area contributed by atoms with Crippen LogP contribution in [-0.2, 0) is 4.74 Å². The van der Waals surface area contributed by atoms with Gasteiger partial charge < -0.3 is 10.1 Å². The molecule has 0 amide bonds. The molecule has 2 nitrogen and oxygen atoms in total. The second-order valence-electron chi connectivity index (χ2n) is 6.25. The SMILES string of the molecule is CC(C)NCC1(CCOC(C)(C)C)CC1. The highest BCUT2D eigenvalue weighted by atomic mass is 16.5. The Bertz CT molecular complexity index is 189. The van der Waals surface area contributed by atoms with Crippen LogP contribution in [0.1, 0.15) is 53.9 Å². The Morgan fingerprint density at radius 2 is 1.87 bits per heavy atom. The van der Waals surface area contributed by atoms with Crippen LogP contribution >= 0.6 is 0 Å². The summed E-state index contributed by atoms with van der Waals surface area (Å²) in [6.45, 7) is 12.9. The molecular formula is C13H27NO. The van der Waals surface area contributed by atoms with Crippen LogP contribution in [0, 0.1) is 5.41 Å². The summed E-state index contributed by atoms with van der Waals surface area (Å²) in [5.74, 6) is 0. The summed E-state index contributed by atoms with van der Waals surface area (Å²) >= 11 is 0. The fraction of sp³-hybridized carbons (Fsp3) is 1.00. The van der Waals surface area contributed by atoms with Crippen LogP contribution in [0.4, 0.5) is 0 Å². The number of hydrogen-bond acceptors (Lipinski definition) is 2. The van der Waals surface area contributed by atoms with Crippen molar-refractivity contribution in [1.82, 2.24) is 5.32 Å². The van der Waals surface area contributed by atoms with Crippen molar-refractivity contribution in [3.63, 3.8) is 0 Å². The summed E-state index contributed by atoms with van der Waals surface area (Å²) in [4.78, 5) is 0. The maximum atomic E-state index is 5.78. The molecule has 1 aliphatic rings. The summed E-state index contributed by atoms with van der Waals surface area (Å²) in [6.07, 6.45) is 3.96. The number of hydrogen-bond donors (Lipinski definition) is 1. The van der Waals surface area contributed by atoms with Crippen molar-refractivity contribution >= 4 is 0 Å². The Morgan fingerprint density at radius 1 is 1.27 bits per heavy atom. The van der Waals surface area contributed by atoms with Crippen LogP contribution in [-0.4, -0.2) is 24.8 Å². The number of rotatable bonds is 6. The van der Waals surface area contributed by atoms with Crippen LogP contribution in [0.2, 0.25) is 0 Å². The Morgan fingerprint density at radius 3 is 2.27 bits per heavy atom. The molecule has 0 aromatic heterocycles. The van der Waals surface area contributed by atoms with Gasteiger partial charge in [-0.15, -0.1) is 0 Å². The molecule has 1 rings (SSSR count). The zero-order valence-electron chi connectivity index (χ0n) is 11.0. The van der Waals surface area contributed by atoms with Gasteiger partial charge in [0.25, 0.3) is 0 Å². The fourth-order valence-electron chi connectivity index (χ4n) is 1.69. The third-order valence-electron chi connectivity index (χ3n) is 3.01. The van der Waals surface area contributed by atoms with Crippen LogP contribution in [0.15, 0.2) is 0 Å². The molecule has 1 saturated carbocycles. The van der Waals surface area contributed by atoms with E-state index in [1.165, 1.54) is 19.3 Å². The van der Waals surface area contributed by atoms with E-state index in [0.717, 1.165) is 13.2 Å². The van der Waals surface area contributed by atoms with Crippen LogP contribution in [0.5, 0.6) is 0 Å². The average molecular weight is 213 g/mol. The highest BCUT2D eigenvalue weighted by Crippen LogP contribution is 2.48. The van der Waals surface area contributed by atoms with Crippen molar-refractivity contribution in [2.45, 2.75) is 65.5 Å². The van der Waals surface area contributed by atoms with E-state index < -0.39 is 0 Å². The Balaban J connectivity index is 2.15. The van der Waals surface area contributed by atoms with Gasteiger partial charge in [-0.25, -0.2) is 0 Å². The predicted molar refractivity (Wildman–Crippen MR) is 65.1 cm³/mol. The average Bonchev–Trinajstić information content (AvgIpc) is 2.80. The molecule has 0 unspecified atom stereocenters. The minimum Gasteiger partial charge on any atom is -0.376 e. The fourth-order valence-corrected chi connectivity index (χ4v) is 1.69. The second kappa shape index (κ2) is 4.84. The summed E-state index contributed by atoms with van der Waals surface area (Å²) in [5, 5.41) is 3.54. The molecule has 0 aliphatic heterocycles. The summed E-state index contributed by atoms with van der Waals surface area (Å²) < 4.78 is 5.78. The minimum atomic E-state index is 0.0154. The molecule has 0 bridgehead atoms. The first-order valence-corrected chi connectivity index (χ1v) is 6.20. The van der Waals surface area contributed by atoms with Gasteiger partial charge in [0.15, 0.2) is 0 Å². The van der Waals surface area contributed by atoms with E-state index in [9.17, 15) is 0 Å². The Hall–Kier alpha value is -0.0800. The van der Waals surface area contributed by atoms with Gasteiger partial charge >= 0.3 is 0 Å². The van der Waals surface area contributed by atoms with Crippen molar-refractivity contribution in [3.05, 3.63) is 0 Å². The van der Waals surface area contributed by atoms with E-state index in [2.05, 4.69) is 39.9 Å². The number of nitrogens with one attached hydrogen (secondary N) is 1. The highest BCUT2D eigenvalue weighted by molar-refractivity contribution is 4.95. The maximum absolute atomic E-state index is 5.78. The summed E-state index contributed by atoms with van der Waals surface area (Å²) in [6, 6.07) is 0.603. The van der Waals surface area contributed by atoms with Gasteiger partial charge in [0.05, 0.1) is 5.60 Å². The van der Waals surface area contributed by atoms with Gasteiger partial charge in [0.2, 0.25) is 0 Å². The predicted octanol–water partition coefficient (Wildman–Crippen LogP) is 2.97. The highest BCUT2D eigenvalue weighted by Gasteiger charge is 2.41. The van der Waals surface area contributed by atoms with Crippen molar-refractivity contribution in [3.8, 4) is 0 Å². The quantitative estimate of drug-likeness (QED) is 0.732. The smallest absolute Gasteiger partial charge is 0.0598 e. The molecule has 1 fully saturated rings. The molecule has 1 aliphatic carbocycles. The molecule has 2 heteroatoms. The molecule has 0 atom stereocenters. The van der Waals surface area contributed by atoms with Crippen LogP contribution in [0.25, 0.3) is 0 Å². The monoisotopic (exact) mass is 213 g/mol. The molecule has 0 radical (unpaired) electrons. The first kappa shape index (κ1) is 13.0. The van der Waals surface area contributed by atoms with Crippen molar-refractivity contribution in [2.24, 2.45) is 5.41 Å². The lowest BCUT2D eigenvalue weighted by Gasteiger charge is -2.23. The van der Waals surface area contributed by atoms with Crippen molar-refractivity contribution in [2.75, 3.05) is 13.2 Å². The van der Waals surface area contributed by atoms with E-state index in [4.69, 9.17) is 4.74 Å². The van der Waals surface area contributed by atoms with E-state index in [1.54, 1.807) is 0 Å². The molecule has 1 N–H and O–H groups in total. The molecule has 15 heavy (non-hydrogen) atoms. The lowest BCUT2D eigenvalue weighted by molar-refractivity contribution is -0.0108. The minimum absolute atomic E-state index is 0.0154. The summed E-state index contributed by atoms with van der Waals surface area (Å²) in [5.41, 5.74) is 0.580.